The Labute approximate surface area is 107 Å². The second kappa shape index (κ2) is 9.86. The summed E-state index contributed by atoms with van der Waals surface area (Å²) in [6, 6.07) is 0. The Morgan fingerprint density at radius 2 is 2.18 bits per heavy atom. The molecule has 102 valence electrons. The Hall–Kier alpha value is -0.120. The lowest BCUT2D eigenvalue weighted by molar-refractivity contribution is 0.199. The molecule has 0 aromatic heterocycles. The molecule has 1 aliphatic heterocycles. The van der Waals surface area contributed by atoms with Gasteiger partial charge in [0.25, 0.3) is 0 Å². The predicted octanol–water partition coefficient (Wildman–Crippen LogP) is 2.12. The molecular weight excluding hydrogens is 212 g/mol. The summed E-state index contributed by atoms with van der Waals surface area (Å²) < 4.78 is 4.99. The molecule has 3 heteroatoms. The zero-order valence-corrected chi connectivity index (χ0v) is 11.7. The number of nitrogens with zero attached hydrogens (tertiary/aromatic N) is 1. The lowest BCUT2D eigenvalue weighted by atomic mass is 10.0. The molecule has 1 aliphatic rings. The number of unbranched alkanes of at least 4 members (excludes halogenated alkanes) is 1. The van der Waals surface area contributed by atoms with E-state index >= 15 is 0 Å². The van der Waals surface area contributed by atoms with Crippen LogP contribution in [0.5, 0.6) is 0 Å². The molecular formula is C14H30N2O. The fourth-order valence-corrected chi connectivity index (χ4v) is 2.64. The molecule has 0 radical (unpaired) electrons. The van der Waals surface area contributed by atoms with Crippen molar-refractivity contribution in [1.82, 2.24) is 10.2 Å². The Morgan fingerprint density at radius 3 is 2.94 bits per heavy atom. The summed E-state index contributed by atoms with van der Waals surface area (Å²) in [5.74, 6) is 0.986. The van der Waals surface area contributed by atoms with Gasteiger partial charge in [0.05, 0.1) is 6.61 Å². The van der Waals surface area contributed by atoms with Crippen molar-refractivity contribution in [1.29, 1.82) is 0 Å². The molecule has 0 bridgehead atoms. The third kappa shape index (κ3) is 7.02. The van der Waals surface area contributed by atoms with Crippen molar-refractivity contribution in [2.75, 3.05) is 46.4 Å². The highest BCUT2D eigenvalue weighted by Gasteiger charge is 2.20. The molecule has 17 heavy (non-hydrogen) atoms. The molecule has 0 aromatic carbocycles. The number of ether oxygens (including phenoxy) is 1. The van der Waals surface area contributed by atoms with Crippen LogP contribution in [0.25, 0.3) is 0 Å². The van der Waals surface area contributed by atoms with Crippen molar-refractivity contribution in [3.8, 4) is 0 Å². The first-order valence-electron chi connectivity index (χ1n) is 7.28. The number of rotatable bonds is 10. The molecule has 1 fully saturated rings. The van der Waals surface area contributed by atoms with E-state index in [4.69, 9.17) is 4.74 Å². The maximum atomic E-state index is 4.99. The molecule has 1 N–H and O–H groups in total. The van der Waals surface area contributed by atoms with Crippen molar-refractivity contribution in [3.05, 3.63) is 0 Å². The first-order valence-corrected chi connectivity index (χ1v) is 7.28. The Kier molecular flexibility index (Phi) is 8.67. The summed E-state index contributed by atoms with van der Waals surface area (Å²) >= 11 is 0. The molecule has 1 saturated heterocycles. The molecule has 3 nitrogen and oxygen atoms in total. The van der Waals surface area contributed by atoms with E-state index < -0.39 is 0 Å². The van der Waals surface area contributed by atoms with E-state index in [-0.39, 0.29) is 0 Å². The predicted molar refractivity (Wildman–Crippen MR) is 73.4 cm³/mol. The van der Waals surface area contributed by atoms with Crippen LogP contribution < -0.4 is 5.32 Å². The highest BCUT2D eigenvalue weighted by molar-refractivity contribution is 4.75. The fourth-order valence-electron chi connectivity index (χ4n) is 2.64. The maximum Gasteiger partial charge on any atom is 0.0587 e. The smallest absolute Gasteiger partial charge is 0.0587 e. The summed E-state index contributed by atoms with van der Waals surface area (Å²) in [6.45, 7) is 9.23. The summed E-state index contributed by atoms with van der Waals surface area (Å²) in [7, 11) is 1.75. The van der Waals surface area contributed by atoms with Crippen LogP contribution in [0.2, 0.25) is 0 Å². The van der Waals surface area contributed by atoms with Gasteiger partial charge < -0.3 is 15.0 Å². The minimum Gasteiger partial charge on any atom is -0.383 e. The minimum absolute atomic E-state index is 0.824. The normalized spacial score (nSPS) is 21.2. The quantitative estimate of drug-likeness (QED) is 0.594. The van der Waals surface area contributed by atoms with Crippen molar-refractivity contribution in [3.63, 3.8) is 0 Å². The van der Waals surface area contributed by atoms with Gasteiger partial charge in [0.15, 0.2) is 0 Å². The van der Waals surface area contributed by atoms with Crippen LogP contribution in [-0.4, -0.2) is 51.3 Å². The van der Waals surface area contributed by atoms with Crippen molar-refractivity contribution in [2.24, 2.45) is 5.92 Å². The second-order valence-corrected chi connectivity index (χ2v) is 5.19. The topological polar surface area (TPSA) is 24.5 Å². The maximum absolute atomic E-state index is 4.99. The number of nitrogens with one attached hydrogen (secondary N) is 1. The first kappa shape index (κ1) is 14.9. The fraction of sp³-hybridized carbons (Fsp3) is 1.00. The first-order chi connectivity index (χ1) is 8.36. The lowest BCUT2D eigenvalue weighted by Crippen LogP contribution is -2.24. The van der Waals surface area contributed by atoms with Crippen LogP contribution in [0.4, 0.5) is 0 Å². The van der Waals surface area contributed by atoms with Gasteiger partial charge in [-0.1, -0.05) is 13.3 Å². The Balaban J connectivity index is 1.87. The van der Waals surface area contributed by atoms with E-state index in [9.17, 15) is 0 Å². The van der Waals surface area contributed by atoms with Crippen LogP contribution in [0.1, 0.15) is 39.0 Å². The molecule has 1 rings (SSSR count). The summed E-state index contributed by atoms with van der Waals surface area (Å²) in [6.07, 6.45) is 6.83. The van der Waals surface area contributed by atoms with Crippen LogP contribution >= 0.6 is 0 Å². The number of likely N-dealkylation sites (tertiary alicyclic amines) is 1. The summed E-state index contributed by atoms with van der Waals surface area (Å²) in [4.78, 5) is 2.65. The van der Waals surface area contributed by atoms with Gasteiger partial charge in [0.2, 0.25) is 0 Å². The molecule has 1 unspecified atom stereocenters. The molecule has 1 heterocycles. The third-order valence-electron chi connectivity index (χ3n) is 3.63. The third-order valence-corrected chi connectivity index (χ3v) is 3.63. The summed E-state index contributed by atoms with van der Waals surface area (Å²) in [5, 5.41) is 3.40. The van der Waals surface area contributed by atoms with E-state index in [2.05, 4.69) is 17.1 Å². The van der Waals surface area contributed by atoms with Crippen LogP contribution in [-0.2, 0) is 4.74 Å². The van der Waals surface area contributed by atoms with E-state index in [1.807, 2.05) is 0 Å². The highest BCUT2D eigenvalue weighted by Crippen LogP contribution is 2.20. The second-order valence-electron chi connectivity index (χ2n) is 5.19. The highest BCUT2D eigenvalue weighted by atomic mass is 16.5. The van der Waals surface area contributed by atoms with Crippen LogP contribution in [0.3, 0.4) is 0 Å². The van der Waals surface area contributed by atoms with Crippen LogP contribution in [0.15, 0.2) is 0 Å². The van der Waals surface area contributed by atoms with Gasteiger partial charge in [-0.25, -0.2) is 0 Å². The largest absolute Gasteiger partial charge is 0.383 e. The lowest BCUT2D eigenvalue weighted by Gasteiger charge is -2.15. The molecule has 0 aliphatic carbocycles. The van der Waals surface area contributed by atoms with E-state index in [1.165, 1.54) is 51.7 Å². The van der Waals surface area contributed by atoms with Crippen molar-refractivity contribution < 1.29 is 4.74 Å². The SMILES string of the molecule is CCCC1CCN(CCCCNCCOC)C1. The molecule has 0 aromatic rings. The Morgan fingerprint density at radius 1 is 1.29 bits per heavy atom. The monoisotopic (exact) mass is 242 g/mol. The molecule has 1 atom stereocenters. The average Bonchev–Trinajstić information content (AvgIpc) is 2.76. The average molecular weight is 242 g/mol. The van der Waals surface area contributed by atoms with Gasteiger partial charge in [-0.15, -0.1) is 0 Å². The van der Waals surface area contributed by atoms with Gasteiger partial charge >= 0.3 is 0 Å². The zero-order chi connectivity index (χ0) is 12.3. The number of methoxy groups -OCH3 is 1. The number of hydrogen-bond acceptors (Lipinski definition) is 3. The van der Waals surface area contributed by atoms with Gasteiger partial charge in [0, 0.05) is 20.2 Å². The Bertz CT molecular complexity index is 176. The molecule has 0 saturated carbocycles. The van der Waals surface area contributed by atoms with Crippen molar-refractivity contribution >= 4 is 0 Å². The molecule has 0 amide bonds. The van der Waals surface area contributed by atoms with Crippen LogP contribution in [0, 0.1) is 5.92 Å². The van der Waals surface area contributed by atoms with Gasteiger partial charge in [0.1, 0.15) is 0 Å². The van der Waals surface area contributed by atoms with Gasteiger partial charge in [-0.05, 0) is 51.2 Å². The number of hydrogen-bond donors (Lipinski definition) is 1. The molecule has 0 spiro atoms. The summed E-state index contributed by atoms with van der Waals surface area (Å²) in [5.41, 5.74) is 0. The van der Waals surface area contributed by atoms with Crippen molar-refractivity contribution in [2.45, 2.75) is 39.0 Å². The zero-order valence-electron chi connectivity index (χ0n) is 11.7. The standard InChI is InChI=1S/C14H30N2O/c1-3-6-14-7-11-16(13-14)10-5-4-8-15-9-12-17-2/h14-15H,3-13H2,1-2H3. The van der Waals surface area contributed by atoms with E-state index in [1.54, 1.807) is 7.11 Å². The minimum atomic E-state index is 0.824. The van der Waals surface area contributed by atoms with E-state index in [0.29, 0.717) is 0 Å². The van der Waals surface area contributed by atoms with E-state index in [0.717, 1.165) is 25.6 Å². The van der Waals surface area contributed by atoms with Gasteiger partial charge in [-0.2, -0.15) is 0 Å². The van der Waals surface area contributed by atoms with Gasteiger partial charge in [-0.3, -0.25) is 0 Å².